The quantitative estimate of drug-likeness (QED) is 0.842. The summed E-state index contributed by atoms with van der Waals surface area (Å²) in [4.78, 5) is 0. The molecule has 0 saturated heterocycles. The number of hydrogen-bond donors (Lipinski definition) is 1. The van der Waals surface area contributed by atoms with Crippen molar-refractivity contribution in [3.63, 3.8) is 0 Å². The molecular weight excluding hydrogens is 210 g/mol. The highest BCUT2D eigenvalue weighted by molar-refractivity contribution is 5.39. The van der Waals surface area contributed by atoms with E-state index in [1.807, 2.05) is 6.07 Å². The first-order valence-corrected chi connectivity index (χ1v) is 6.65. The fourth-order valence-corrected chi connectivity index (χ4v) is 2.27. The van der Waals surface area contributed by atoms with E-state index in [1.54, 1.807) is 0 Å². The number of benzene rings is 1. The third-order valence-electron chi connectivity index (χ3n) is 4.13. The van der Waals surface area contributed by atoms with Crippen LogP contribution in [0.5, 0.6) is 5.75 Å². The van der Waals surface area contributed by atoms with Gasteiger partial charge in [0.15, 0.2) is 0 Å². The maximum absolute atomic E-state index is 5.70. The molecule has 1 aromatic rings. The van der Waals surface area contributed by atoms with E-state index in [0.29, 0.717) is 5.92 Å². The molecule has 94 valence electrons. The second-order valence-electron chi connectivity index (χ2n) is 5.19. The molecule has 17 heavy (non-hydrogen) atoms. The third kappa shape index (κ3) is 2.63. The van der Waals surface area contributed by atoms with Crippen molar-refractivity contribution >= 4 is 0 Å². The standard InChI is InChI=1S/C15H23NO/c1-4-15(3,5-2)16-10-12-11-17-14-9-7-6-8-13(12)14/h6-9,12,16H,4-5,10-11H2,1-3H3. The lowest BCUT2D eigenvalue weighted by Gasteiger charge is -2.29. The van der Waals surface area contributed by atoms with E-state index in [4.69, 9.17) is 4.74 Å². The summed E-state index contributed by atoms with van der Waals surface area (Å²) in [7, 11) is 0. The molecule has 0 bridgehead atoms. The first-order chi connectivity index (χ1) is 8.18. The summed E-state index contributed by atoms with van der Waals surface area (Å²) in [6.45, 7) is 8.62. The van der Waals surface area contributed by atoms with Crippen LogP contribution in [0.4, 0.5) is 0 Å². The summed E-state index contributed by atoms with van der Waals surface area (Å²) in [6, 6.07) is 8.38. The number of para-hydroxylation sites is 1. The van der Waals surface area contributed by atoms with Gasteiger partial charge in [-0.15, -0.1) is 0 Å². The van der Waals surface area contributed by atoms with E-state index in [9.17, 15) is 0 Å². The van der Waals surface area contributed by atoms with Crippen LogP contribution in [0.2, 0.25) is 0 Å². The Hall–Kier alpha value is -1.02. The first-order valence-electron chi connectivity index (χ1n) is 6.65. The van der Waals surface area contributed by atoms with Crippen LogP contribution >= 0.6 is 0 Å². The summed E-state index contributed by atoms with van der Waals surface area (Å²) in [5.74, 6) is 1.57. The highest BCUT2D eigenvalue weighted by atomic mass is 16.5. The molecule has 1 aliphatic heterocycles. The molecule has 0 radical (unpaired) electrons. The van der Waals surface area contributed by atoms with Gasteiger partial charge in [0, 0.05) is 23.6 Å². The molecule has 2 nitrogen and oxygen atoms in total. The Morgan fingerprint density at radius 3 is 2.71 bits per heavy atom. The molecule has 1 aromatic carbocycles. The van der Waals surface area contributed by atoms with Gasteiger partial charge in [-0.3, -0.25) is 0 Å². The van der Waals surface area contributed by atoms with Crippen molar-refractivity contribution in [2.75, 3.05) is 13.2 Å². The fourth-order valence-electron chi connectivity index (χ4n) is 2.27. The molecule has 1 N–H and O–H groups in total. The van der Waals surface area contributed by atoms with E-state index in [-0.39, 0.29) is 5.54 Å². The molecule has 0 aliphatic carbocycles. The van der Waals surface area contributed by atoms with Crippen molar-refractivity contribution in [2.24, 2.45) is 0 Å². The topological polar surface area (TPSA) is 21.3 Å². The summed E-state index contributed by atoms with van der Waals surface area (Å²) >= 11 is 0. The number of fused-ring (bicyclic) bond motifs is 1. The van der Waals surface area contributed by atoms with Gasteiger partial charge >= 0.3 is 0 Å². The molecule has 1 aliphatic rings. The van der Waals surface area contributed by atoms with Gasteiger partial charge in [-0.1, -0.05) is 32.0 Å². The smallest absolute Gasteiger partial charge is 0.122 e. The predicted octanol–water partition coefficient (Wildman–Crippen LogP) is 3.33. The Labute approximate surface area is 104 Å². The number of ether oxygens (including phenoxy) is 1. The van der Waals surface area contributed by atoms with Gasteiger partial charge < -0.3 is 10.1 Å². The summed E-state index contributed by atoms with van der Waals surface area (Å²) in [6.07, 6.45) is 2.33. The zero-order chi connectivity index (χ0) is 12.3. The lowest BCUT2D eigenvalue weighted by Crippen LogP contribution is -2.43. The number of rotatable bonds is 5. The third-order valence-corrected chi connectivity index (χ3v) is 4.13. The molecule has 0 spiro atoms. The van der Waals surface area contributed by atoms with Crippen LogP contribution in [0, 0.1) is 0 Å². The molecule has 0 aromatic heterocycles. The molecule has 2 heteroatoms. The number of hydrogen-bond acceptors (Lipinski definition) is 2. The van der Waals surface area contributed by atoms with Crippen molar-refractivity contribution in [1.29, 1.82) is 0 Å². The zero-order valence-corrected chi connectivity index (χ0v) is 11.1. The van der Waals surface area contributed by atoms with Crippen LogP contribution in [-0.2, 0) is 0 Å². The van der Waals surface area contributed by atoms with Crippen molar-refractivity contribution < 1.29 is 4.74 Å². The second kappa shape index (κ2) is 5.09. The van der Waals surface area contributed by atoms with Gasteiger partial charge in [-0.05, 0) is 25.8 Å². The molecule has 0 saturated carbocycles. The molecule has 0 fully saturated rings. The van der Waals surface area contributed by atoms with E-state index in [0.717, 1.165) is 18.9 Å². The SMILES string of the molecule is CCC(C)(CC)NCC1COc2ccccc21. The highest BCUT2D eigenvalue weighted by Crippen LogP contribution is 2.33. The summed E-state index contributed by atoms with van der Waals surface area (Å²) in [5, 5.41) is 3.70. The van der Waals surface area contributed by atoms with E-state index >= 15 is 0 Å². The summed E-state index contributed by atoms with van der Waals surface area (Å²) < 4.78 is 5.70. The maximum atomic E-state index is 5.70. The van der Waals surface area contributed by atoms with Gasteiger partial charge in [0.1, 0.15) is 5.75 Å². The van der Waals surface area contributed by atoms with Crippen molar-refractivity contribution in [1.82, 2.24) is 5.32 Å². The van der Waals surface area contributed by atoms with E-state index < -0.39 is 0 Å². The minimum absolute atomic E-state index is 0.261. The molecule has 1 heterocycles. The Bertz CT molecular complexity index is 371. The lowest BCUT2D eigenvalue weighted by molar-refractivity contribution is 0.289. The molecule has 0 amide bonds. The average molecular weight is 233 g/mol. The fraction of sp³-hybridized carbons (Fsp3) is 0.600. The lowest BCUT2D eigenvalue weighted by atomic mass is 9.93. The van der Waals surface area contributed by atoms with Gasteiger partial charge in [0.25, 0.3) is 0 Å². The Morgan fingerprint density at radius 2 is 2.00 bits per heavy atom. The Balaban J connectivity index is 1.98. The Morgan fingerprint density at radius 1 is 1.29 bits per heavy atom. The van der Waals surface area contributed by atoms with Crippen molar-refractivity contribution in [3.8, 4) is 5.75 Å². The minimum atomic E-state index is 0.261. The van der Waals surface area contributed by atoms with Crippen molar-refractivity contribution in [2.45, 2.75) is 45.1 Å². The largest absolute Gasteiger partial charge is 0.493 e. The van der Waals surface area contributed by atoms with Gasteiger partial charge in [0.05, 0.1) is 6.61 Å². The van der Waals surface area contributed by atoms with E-state index in [2.05, 4.69) is 44.3 Å². The molecular formula is C15H23NO. The van der Waals surface area contributed by atoms with Crippen LogP contribution in [0.15, 0.2) is 24.3 Å². The van der Waals surface area contributed by atoms with Crippen LogP contribution < -0.4 is 10.1 Å². The van der Waals surface area contributed by atoms with Gasteiger partial charge in [-0.2, -0.15) is 0 Å². The minimum Gasteiger partial charge on any atom is -0.493 e. The van der Waals surface area contributed by atoms with E-state index in [1.165, 1.54) is 18.4 Å². The highest BCUT2D eigenvalue weighted by Gasteiger charge is 2.26. The predicted molar refractivity (Wildman–Crippen MR) is 71.7 cm³/mol. The average Bonchev–Trinajstić information content (AvgIpc) is 2.79. The van der Waals surface area contributed by atoms with Crippen LogP contribution in [0.1, 0.15) is 45.1 Å². The Kier molecular flexibility index (Phi) is 3.72. The monoisotopic (exact) mass is 233 g/mol. The molecule has 1 atom stereocenters. The molecule has 1 unspecified atom stereocenters. The van der Waals surface area contributed by atoms with Gasteiger partial charge in [-0.25, -0.2) is 0 Å². The zero-order valence-electron chi connectivity index (χ0n) is 11.1. The molecule has 2 rings (SSSR count). The van der Waals surface area contributed by atoms with Crippen LogP contribution in [0.25, 0.3) is 0 Å². The first kappa shape index (κ1) is 12.4. The van der Waals surface area contributed by atoms with Gasteiger partial charge in [0.2, 0.25) is 0 Å². The normalized spacial score (nSPS) is 18.9. The maximum Gasteiger partial charge on any atom is 0.122 e. The van der Waals surface area contributed by atoms with Crippen LogP contribution in [-0.4, -0.2) is 18.7 Å². The van der Waals surface area contributed by atoms with Crippen LogP contribution in [0.3, 0.4) is 0 Å². The number of nitrogens with one attached hydrogen (secondary N) is 1. The summed E-state index contributed by atoms with van der Waals surface area (Å²) in [5.41, 5.74) is 1.62. The second-order valence-corrected chi connectivity index (χ2v) is 5.19. The van der Waals surface area contributed by atoms with Crippen molar-refractivity contribution in [3.05, 3.63) is 29.8 Å².